The van der Waals surface area contributed by atoms with Gasteiger partial charge in [0, 0.05) is 19.1 Å². The lowest BCUT2D eigenvalue weighted by Crippen LogP contribution is -2.48. The monoisotopic (exact) mass is 284 g/mol. The van der Waals surface area contributed by atoms with Gasteiger partial charge >= 0.3 is 12.1 Å². The van der Waals surface area contributed by atoms with Gasteiger partial charge in [-0.15, -0.1) is 0 Å². The van der Waals surface area contributed by atoms with Crippen LogP contribution in [0.1, 0.15) is 33.6 Å². The molecule has 0 bridgehead atoms. The van der Waals surface area contributed by atoms with Crippen LogP contribution in [-0.4, -0.2) is 54.8 Å². The van der Waals surface area contributed by atoms with Gasteiger partial charge in [0.15, 0.2) is 0 Å². The Bertz CT molecular complexity index is 391. The molecule has 2 aliphatic rings. The number of likely N-dealkylation sites (tertiary alicyclic amines) is 1. The zero-order chi connectivity index (χ0) is 14.9. The van der Waals surface area contributed by atoms with Crippen LogP contribution in [0.25, 0.3) is 0 Å². The maximum atomic E-state index is 12.1. The summed E-state index contributed by atoms with van der Waals surface area (Å²) in [5.41, 5.74) is -0.476. The number of methoxy groups -OCH3 is 1. The van der Waals surface area contributed by atoms with Gasteiger partial charge in [-0.1, -0.05) is 0 Å². The molecule has 2 fully saturated rings. The van der Waals surface area contributed by atoms with E-state index in [0.29, 0.717) is 19.0 Å². The van der Waals surface area contributed by atoms with Crippen molar-refractivity contribution in [1.82, 2.24) is 10.2 Å². The number of hydrogen-bond acceptors (Lipinski definition) is 5. The lowest BCUT2D eigenvalue weighted by atomic mass is 9.92. The molecule has 0 aromatic rings. The molecule has 1 amide bonds. The van der Waals surface area contributed by atoms with Crippen LogP contribution in [0, 0.1) is 5.92 Å². The number of piperidine rings is 1. The molecular weight excluding hydrogens is 260 g/mol. The second-order valence-electron chi connectivity index (χ2n) is 6.56. The summed E-state index contributed by atoms with van der Waals surface area (Å²) in [6, 6.07) is 0.0476. The summed E-state index contributed by atoms with van der Waals surface area (Å²) in [7, 11) is 1.40. The highest BCUT2D eigenvalue weighted by Crippen LogP contribution is 2.29. The first kappa shape index (κ1) is 15.1. The molecule has 3 unspecified atom stereocenters. The van der Waals surface area contributed by atoms with Gasteiger partial charge in [0.25, 0.3) is 0 Å². The Balaban J connectivity index is 1.91. The Morgan fingerprint density at radius 1 is 1.30 bits per heavy atom. The van der Waals surface area contributed by atoms with Crippen LogP contribution < -0.4 is 5.32 Å². The zero-order valence-corrected chi connectivity index (χ0v) is 12.6. The van der Waals surface area contributed by atoms with Crippen molar-refractivity contribution in [1.29, 1.82) is 0 Å². The second-order valence-corrected chi connectivity index (χ2v) is 6.56. The van der Waals surface area contributed by atoms with Gasteiger partial charge in [0.05, 0.1) is 7.11 Å². The number of esters is 1. The Morgan fingerprint density at radius 3 is 2.60 bits per heavy atom. The lowest BCUT2D eigenvalue weighted by Gasteiger charge is -2.35. The van der Waals surface area contributed by atoms with Crippen molar-refractivity contribution in [2.75, 3.05) is 20.2 Å². The van der Waals surface area contributed by atoms with E-state index in [1.807, 2.05) is 20.8 Å². The fraction of sp³-hybridized carbons (Fsp3) is 0.857. The topological polar surface area (TPSA) is 67.9 Å². The van der Waals surface area contributed by atoms with Gasteiger partial charge in [-0.25, -0.2) is 4.79 Å². The van der Waals surface area contributed by atoms with Crippen molar-refractivity contribution in [3.05, 3.63) is 0 Å². The normalized spacial score (nSPS) is 29.8. The van der Waals surface area contributed by atoms with E-state index in [1.54, 1.807) is 4.90 Å². The van der Waals surface area contributed by atoms with Crippen molar-refractivity contribution in [3.63, 3.8) is 0 Å². The summed E-state index contributed by atoms with van der Waals surface area (Å²) in [6.45, 7) is 6.89. The number of amides is 1. The molecule has 0 aromatic heterocycles. The first-order valence-electron chi connectivity index (χ1n) is 7.12. The number of carbonyl (C=O) groups is 2. The molecule has 0 saturated carbocycles. The Kier molecular flexibility index (Phi) is 4.22. The van der Waals surface area contributed by atoms with E-state index in [9.17, 15) is 9.59 Å². The molecule has 114 valence electrons. The summed E-state index contributed by atoms with van der Waals surface area (Å²) < 4.78 is 10.2. The second kappa shape index (κ2) is 5.60. The third-order valence-corrected chi connectivity index (χ3v) is 3.83. The standard InChI is InChI=1S/C14H24N2O4/c1-14(2,3)20-13(18)16-6-5-10-9(8-16)7-11(15-10)12(17)19-4/h9-11,15H,5-8H2,1-4H3. The van der Waals surface area contributed by atoms with E-state index in [4.69, 9.17) is 9.47 Å². The highest BCUT2D eigenvalue weighted by molar-refractivity contribution is 5.76. The summed E-state index contributed by atoms with van der Waals surface area (Å²) in [4.78, 5) is 25.4. The molecular formula is C14H24N2O4. The van der Waals surface area contributed by atoms with Crippen molar-refractivity contribution >= 4 is 12.1 Å². The minimum atomic E-state index is -0.476. The SMILES string of the molecule is COC(=O)C1CC2CN(C(=O)OC(C)(C)C)CCC2N1. The summed E-state index contributed by atoms with van der Waals surface area (Å²) in [5, 5.41) is 3.30. The molecule has 1 N–H and O–H groups in total. The molecule has 0 spiro atoms. The average molecular weight is 284 g/mol. The van der Waals surface area contributed by atoms with Crippen molar-refractivity contribution in [2.45, 2.75) is 51.3 Å². The number of nitrogens with zero attached hydrogens (tertiary/aromatic N) is 1. The van der Waals surface area contributed by atoms with Crippen LogP contribution in [0.5, 0.6) is 0 Å². The summed E-state index contributed by atoms with van der Waals surface area (Å²) >= 11 is 0. The average Bonchev–Trinajstić information content (AvgIpc) is 2.78. The largest absolute Gasteiger partial charge is 0.468 e. The molecule has 0 aliphatic carbocycles. The maximum Gasteiger partial charge on any atom is 0.410 e. The number of fused-ring (bicyclic) bond motifs is 1. The predicted molar refractivity (Wildman–Crippen MR) is 73.3 cm³/mol. The van der Waals surface area contributed by atoms with Gasteiger partial charge < -0.3 is 19.7 Å². The Hall–Kier alpha value is -1.30. The fourth-order valence-electron chi connectivity index (χ4n) is 2.92. The minimum absolute atomic E-state index is 0.219. The molecule has 0 radical (unpaired) electrons. The van der Waals surface area contributed by atoms with Gasteiger partial charge in [0.1, 0.15) is 11.6 Å². The first-order valence-corrected chi connectivity index (χ1v) is 7.12. The molecule has 6 nitrogen and oxygen atoms in total. The number of carbonyl (C=O) groups excluding carboxylic acids is 2. The van der Waals surface area contributed by atoms with Crippen LogP contribution in [0.15, 0.2) is 0 Å². The molecule has 0 aromatic carbocycles. The number of hydrogen-bond donors (Lipinski definition) is 1. The van der Waals surface area contributed by atoms with Crippen LogP contribution >= 0.6 is 0 Å². The van der Waals surface area contributed by atoms with Crippen LogP contribution in [0.2, 0.25) is 0 Å². The van der Waals surface area contributed by atoms with E-state index in [0.717, 1.165) is 12.8 Å². The number of nitrogens with one attached hydrogen (secondary N) is 1. The van der Waals surface area contributed by atoms with Gasteiger partial charge in [-0.2, -0.15) is 0 Å². The quantitative estimate of drug-likeness (QED) is 0.732. The zero-order valence-electron chi connectivity index (χ0n) is 12.6. The smallest absolute Gasteiger partial charge is 0.410 e. The summed E-state index contributed by atoms with van der Waals surface area (Å²) in [6.07, 6.45) is 1.30. The fourth-order valence-corrected chi connectivity index (χ4v) is 2.92. The number of rotatable bonds is 1. The molecule has 2 heterocycles. The van der Waals surface area contributed by atoms with Gasteiger partial charge in [0.2, 0.25) is 0 Å². The van der Waals surface area contributed by atoms with Crippen molar-refractivity contribution in [3.8, 4) is 0 Å². The first-order chi connectivity index (χ1) is 9.30. The molecule has 2 rings (SSSR count). The molecule has 2 aliphatic heterocycles. The van der Waals surface area contributed by atoms with Crippen molar-refractivity contribution in [2.24, 2.45) is 5.92 Å². The Labute approximate surface area is 119 Å². The van der Waals surface area contributed by atoms with Crippen molar-refractivity contribution < 1.29 is 19.1 Å². The highest BCUT2D eigenvalue weighted by Gasteiger charge is 2.42. The number of ether oxygens (including phenoxy) is 2. The third kappa shape index (κ3) is 3.42. The minimum Gasteiger partial charge on any atom is -0.468 e. The molecule has 20 heavy (non-hydrogen) atoms. The third-order valence-electron chi connectivity index (χ3n) is 3.83. The van der Waals surface area contributed by atoms with Crippen LogP contribution in [0.3, 0.4) is 0 Å². The maximum absolute atomic E-state index is 12.1. The highest BCUT2D eigenvalue weighted by atomic mass is 16.6. The van der Waals surface area contributed by atoms with E-state index in [-0.39, 0.29) is 24.1 Å². The molecule has 3 atom stereocenters. The predicted octanol–water partition coefficient (Wildman–Crippen LogP) is 1.15. The van der Waals surface area contributed by atoms with Crippen LogP contribution in [0.4, 0.5) is 4.79 Å². The molecule has 2 saturated heterocycles. The van der Waals surface area contributed by atoms with E-state index >= 15 is 0 Å². The van der Waals surface area contributed by atoms with E-state index < -0.39 is 5.60 Å². The lowest BCUT2D eigenvalue weighted by molar-refractivity contribution is -0.142. The van der Waals surface area contributed by atoms with Gasteiger partial charge in [-0.3, -0.25) is 4.79 Å². The van der Waals surface area contributed by atoms with Gasteiger partial charge in [-0.05, 0) is 39.5 Å². The summed E-state index contributed by atoms with van der Waals surface area (Å²) in [5.74, 6) is 0.0728. The Morgan fingerprint density at radius 2 is 2.00 bits per heavy atom. The molecule has 6 heteroatoms. The van der Waals surface area contributed by atoms with E-state index in [2.05, 4.69) is 5.32 Å². The van der Waals surface area contributed by atoms with E-state index in [1.165, 1.54) is 7.11 Å². The van der Waals surface area contributed by atoms with Crippen LogP contribution in [-0.2, 0) is 14.3 Å².